The van der Waals surface area contributed by atoms with Crippen LogP contribution in [0.2, 0.25) is 0 Å². The minimum absolute atomic E-state index is 0.0472. The maximum Gasteiger partial charge on any atom is 0.342 e. The quantitative estimate of drug-likeness (QED) is 0.573. The van der Waals surface area contributed by atoms with Crippen molar-refractivity contribution in [2.75, 3.05) is 49.8 Å². The molecule has 2 amide bonds. The van der Waals surface area contributed by atoms with Gasteiger partial charge < -0.3 is 24.6 Å². The number of fused-ring (bicyclic) bond motifs is 1. The van der Waals surface area contributed by atoms with Gasteiger partial charge in [-0.05, 0) is 49.1 Å². The summed E-state index contributed by atoms with van der Waals surface area (Å²) in [5, 5.41) is 7.01. The van der Waals surface area contributed by atoms with Crippen molar-refractivity contribution in [3.05, 3.63) is 71.5 Å². The number of anilines is 2. The lowest BCUT2D eigenvalue weighted by atomic mass is 9.73. The van der Waals surface area contributed by atoms with Gasteiger partial charge in [0.1, 0.15) is 18.4 Å². The first kappa shape index (κ1) is 24.5. The minimum Gasteiger partial charge on any atom is -0.489 e. The van der Waals surface area contributed by atoms with Gasteiger partial charge in [0.15, 0.2) is 0 Å². The zero-order valence-electron chi connectivity index (χ0n) is 21.9. The van der Waals surface area contributed by atoms with E-state index < -0.39 is 12.1 Å². The Morgan fingerprint density at radius 3 is 2.63 bits per heavy atom. The number of nitrogens with one attached hydrogen (secondary N) is 1. The first-order chi connectivity index (χ1) is 18.4. The number of ether oxygens (including phenoxy) is 2. The molecule has 1 atom stereocenters. The summed E-state index contributed by atoms with van der Waals surface area (Å²) in [4.78, 5) is 30.2. The van der Waals surface area contributed by atoms with Gasteiger partial charge in [0.05, 0.1) is 11.9 Å². The predicted octanol–water partition coefficient (Wildman–Crippen LogP) is 3.38. The van der Waals surface area contributed by atoms with Crippen molar-refractivity contribution in [3.63, 3.8) is 0 Å². The van der Waals surface area contributed by atoms with Crippen molar-refractivity contribution in [1.82, 2.24) is 15.1 Å². The Morgan fingerprint density at radius 2 is 1.87 bits per heavy atom. The molecule has 2 fully saturated rings. The fourth-order valence-electron chi connectivity index (χ4n) is 5.57. The number of carbonyl (C=O) groups is 2. The number of carbonyl (C=O) groups excluding carboxylic acids is 2. The molecule has 38 heavy (non-hydrogen) atoms. The highest BCUT2D eigenvalue weighted by Crippen LogP contribution is 2.44. The molecule has 1 spiro atoms. The summed E-state index contributed by atoms with van der Waals surface area (Å²) >= 11 is 0. The molecule has 0 aliphatic carbocycles. The lowest BCUT2D eigenvalue weighted by Crippen LogP contribution is -2.58. The van der Waals surface area contributed by atoms with Crippen LogP contribution in [0.5, 0.6) is 5.75 Å². The highest BCUT2D eigenvalue weighted by atomic mass is 16.5. The van der Waals surface area contributed by atoms with Gasteiger partial charge in [-0.25, -0.2) is 4.79 Å². The van der Waals surface area contributed by atoms with Gasteiger partial charge in [0, 0.05) is 57.1 Å². The van der Waals surface area contributed by atoms with Crippen LogP contribution in [0.4, 0.5) is 16.2 Å². The summed E-state index contributed by atoms with van der Waals surface area (Å²) in [6, 6.07) is 12.9. The monoisotopic (exact) mass is 515 g/mol. The van der Waals surface area contributed by atoms with Crippen LogP contribution in [0.3, 0.4) is 0 Å². The summed E-state index contributed by atoms with van der Waals surface area (Å²) in [6.45, 7) is 5.77. The molecular formula is C29H33N5O4. The van der Waals surface area contributed by atoms with Crippen LogP contribution < -0.4 is 19.9 Å². The Hall–Kier alpha value is -3.85. The molecule has 0 bridgehead atoms. The SMILES string of the molecule is Cc1ccc(Cc2cnn(C(=O)NC3COc4ccc(N5CC6(CCOCC6)C5)cc4N(C)C3=O)c2)cc1. The van der Waals surface area contributed by atoms with E-state index in [2.05, 4.69) is 39.6 Å². The number of rotatable bonds is 4. The molecule has 3 aliphatic heterocycles. The van der Waals surface area contributed by atoms with Gasteiger partial charge in [-0.2, -0.15) is 9.78 Å². The molecule has 6 rings (SSSR count). The molecule has 2 saturated heterocycles. The molecule has 0 radical (unpaired) electrons. The van der Waals surface area contributed by atoms with Gasteiger partial charge in [0.2, 0.25) is 0 Å². The van der Waals surface area contributed by atoms with Gasteiger partial charge in [-0.1, -0.05) is 29.8 Å². The maximum atomic E-state index is 13.3. The van der Waals surface area contributed by atoms with E-state index in [4.69, 9.17) is 9.47 Å². The average Bonchev–Trinajstić information content (AvgIpc) is 3.35. The highest BCUT2D eigenvalue weighted by Gasteiger charge is 2.44. The van der Waals surface area contributed by atoms with Crippen LogP contribution in [-0.4, -0.2) is 67.7 Å². The molecule has 9 nitrogen and oxygen atoms in total. The topological polar surface area (TPSA) is 88.9 Å². The van der Waals surface area contributed by atoms with Gasteiger partial charge in [0.25, 0.3) is 5.91 Å². The maximum absolute atomic E-state index is 13.3. The number of hydrogen-bond donors (Lipinski definition) is 1. The molecule has 1 aromatic heterocycles. The first-order valence-corrected chi connectivity index (χ1v) is 13.2. The van der Waals surface area contributed by atoms with Crippen LogP contribution in [0.15, 0.2) is 54.9 Å². The molecule has 198 valence electrons. The van der Waals surface area contributed by atoms with E-state index in [1.165, 1.54) is 10.2 Å². The molecule has 1 unspecified atom stereocenters. The van der Waals surface area contributed by atoms with E-state index in [1.807, 2.05) is 25.1 Å². The summed E-state index contributed by atoms with van der Waals surface area (Å²) < 4.78 is 12.8. The van der Waals surface area contributed by atoms with Crippen molar-refractivity contribution in [2.45, 2.75) is 32.2 Å². The number of nitrogens with zero attached hydrogens (tertiary/aromatic N) is 4. The van der Waals surface area contributed by atoms with Crippen LogP contribution >= 0.6 is 0 Å². The number of aromatic nitrogens is 2. The number of benzene rings is 2. The second kappa shape index (κ2) is 9.79. The Morgan fingerprint density at radius 1 is 1.11 bits per heavy atom. The molecule has 4 heterocycles. The van der Waals surface area contributed by atoms with Crippen LogP contribution in [0.1, 0.15) is 29.5 Å². The summed E-state index contributed by atoms with van der Waals surface area (Å²) in [7, 11) is 1.72. The van der Waals surface area contributed by atoms with E-state index in [-0.39, 0.29) is 12.5 Å². The molecule has 2 aromatic carbocycles. The Balaban J connectivity index is 1.10. The molecule has 3 aromatic rings. The van der Waals surface area contributed by atoms with Crippen molar-refractivity contribution >= 4 is 23.3 Å². The largest absolute Gasteiger partial charge is 0.489 e. The molecule has 3 aliphatic rings. The van der Waals surface area contributed by atoms with E-state index in [0.717, 1.165) is 56.0 Å². The van der Waals surface area contributed by atoms with Gasteiger partial charge in [-0.3, -0.25) is 4.79 Å². The van der Waals surface area contributed by atoms with Crippen molar-refractivity contribution in [3.8, 4) is 5.75 Å². The number of aryl methyl sites for hydroxylation is 1. The average molecular weight is 516 g/mol. The molecule has 9 heteroatoms. The second-order valence-corrected chi connectivity index (χ2v) is 10.8. The van der Waals surface area contributed by atoms with Gasteiger partial charge in [-0.15, -0.1) is 0 Å². The standard InChI is InChI=1S/C29H33N5O4/c1-20-3-5-21(6-4-20)13-22-15-30-34(16-22)28(36)31-24-17-38-26-8-7-23(14-25(26)32(2)27(24)35)33-18-29(19-33)9-11-37-12-10-29/h3-8,14-16,24H,9-13,17-19H2,1-2H3,(H,31,36). The fourth-order valence-corrected chi connectivity index (χ4v) is 5.57. The normalized spacial score (nSPS) is 20.4. The zero-order valence-corrected chi connectivity index (χ0v) is 21.9. The molecule has 0 saturated carbocycles. The lowest BCUT2D eigenvalue weighted by Gasteiger charge is -2.53. The van der Waals surface area contributed by atoms with E-state index in [9.17, 15) is 9.59 Å². The van der Waals surface area contributed by atoms with Crippen LogP contribution in [0.25, 0.3) is 0 Å². The van der Waals surface area contributed by atoms with Crippen LogP contribution in [0, 0.1) is 12.3 Å². The van der Waals surface area contributed by atoms with E-state index >= 15 is 0 Å². The first-order valence-electron chi connectivity index (χ1n) is 13.2. The fraction of sp³-hybridized carbons (Fsp3) is 0.414. The third kappa shape index (κ3) is 4.74. The van der Waals surface area contributed by atoms with Crippen molar-refractivity contribution in [2.24, 2.45) is 5.41 Å². The van der Waals surface area contributed by atoms with Crippen molar-refractivity contribution < 1.29 is 19.1 Å². The zero-order chi connectivity index (χ0) is 26.3. The third-order valence-electron chi connectivity index (χ3n) is 7.98. The summed E-state index contributed by atoms with van der Waals surface area (Å²) in [6.07, 6.45) is 6.24. The van der Waals surface area contributed by atoms with Crippen LogP contribution in [-0.2, 0) is 16.0 Å². The number of amides is 2. The van der Waals surface area contributed by atoms with Crippen molar-refractivity contribution in [1.29, 1.82) is 0 Å². The minimum atomic E-state index is -0.831. The molecule has 1 N–H and O–H groups in total. The van der Waals surface area contributed by atoms with E-state index in [0.29, 0.717) is 23.3 Å². The van der Waals surface area contributed by atoms with Gasteiger partial charge >= 0.3 is 6.03 Å². The Labute approximate surface area is 222 Å². The Bertz CT molecular complexity index is 1340. The molecular weight excluding hydrogens is 482 g/mol. The smallest absolute Gasteiger partial charge is 0.342 e. The lowest BCUT2D eigenvalue weighted by molar-refractivity contribution is -0.120. The second-order valence-electron chi connectivity index (χ2n) is 10.8. The summed E-state index contributed by atoms with van der Waals surface area (Å²) in [5.74, 6) is 0.396. The predicted molar refractivity (Wildman–Crippen MR) is 144 cm³/mol. The van der Waals surface area contributed by atoms with E-state index in [1.54, 1.807) is 24.3 Å². The number of hydrogen-bond acceptors (Lipinski definition) is 6. The summed E-state index contributed by atoms with van der Waals surface area (Å²) in [5.41, 5.74) is 5.39. The Kier molecular flexibility index (Phi) is 6.31. The third-order valence-corrected chi connectivity index (χ3v) is 7.98. The highest BCUT2D eigenvalue weighted by molar-refractivity contribution is 6.01. The number of likely N-dealkylation sites (N-methyl/N-ethyl adjacent to an activating group) is 1.